The molecule has 1 aliphatic rings. The first-order valence-corrected chi connectivity index (χ1v) is 8.80. The number of carbonyl (C=O) groups is 2. The van der Waals surface area contributed by atoms with Gasteiger partial charge in [0, 0.05) is 25.4 Å². The summed E-state index contributed by atoms with van der Waals surface area (Å²) in [5.41, 5.74) is 2.02. The molecule has 138 valence electrons. The first kappa shape index (κ1) is 19.2. The maximum Gasteiger partial charge on any atom is 0.223 e. The first-order chi connectivity index (χ1) is 11.9. The van der Waals surface area contributed by atoms with Gasteiger partial charge >= 0.3 is 0 Å². The quantitative estimate of drug-likeness (QED) is 0.628. The van der Waals surface area contributed by atoms with Gasteiger partial charge in [0.15, 0.2) is 0 Å². The summed E-state index contributed by atoms with van der Waals surface area (Å²) >= 11 is 0. The molecule has 0 saturated heterocycles. The normalized spacial score (nSPS) is 19.8. The van der Waals surface area contributed by atoms with Crippen molar-refractivity contribution in [2.45, 2.75) is 39.7 Å². The number of aliphatic hydroxyl groups excluding tert-OH is 1. The Morgan fingerprint density at radius 1 is 1.28 bits per heavy atom. The van der Waals surface area contributed by atoms with Crippen LogP contribution in [0.25, 0.3) is 0 Å². The highest BCUT2D eigenvalue weighted by molar-refractivity contribution is 5.82. The van der Waals surface area contributed by atoms with Gasteiger partial charge in [-0.15, -0.1) is 0 Å². The number of benzene rings is 1. The molecule has 0 aromatic heterocycles. The predicted octanol–water partition coefficient (Wildman–Crippen LogP) is 1.32. The van der Waals surface area contributed by atoms with E-state index in [4.69, 9.17) is 4.74 Å². The molecule has 1 aliphatic carbocycles. The molecule has 0 aliphatic heterocycles. The van der Waals surface area contributed by atoms with E-state index in [1.807, 2.05) is 39.0 Å². The van der Waals surface area contributed by atoms with Gasteiger partial charge in [-0.25, -0.2) is 0 Å². The van der Waals surface area contributed by atoms with Crippen LogP contribution in [0.2, 0.25) is 0 Å². The van der Waals surface area contributed by atoms with Crippen LogP contribution in [0.15, 0.2) is 18.2 Å². The van der Waals surface area contributed by atoms with Crippen molar-refractivity contribution in [1.29, 1.82) is 0 Å². The van der Waals surface area contributed by atoms with Gasteiger partial charge in [0.25, 0.3) is 0 Å². The van der Waals surface area contributed by atoms with Crippen molar-refractivity contribution in [3.05, 3.63) is 29.3 Å². The molecule has 3 atom stereocenters. The number of amides is 2. The van der Waals surface area contributed by atoms with E-state index in [1.54, 1.807) is 0 Å². The number of para-hydroxylation sites is 1. The van der Waals surface area contributed by atoms with Crippen LogP contribution < -0.4 is 15.4 Å². The average Bonchev–Trinajstić information content (AvgIpc) is 3.29. The lowest BCUT2D eigenvalue weighted by molar-refractivity contribution is -0.123. The lowest BCUT2D eigenvalue weighted by Crippen LogP contribution is -2.37. The number of hydrogen-bond donors (Lipinski definition) is 3. The fourth-order valence-corrected chi connectivity index (χ4v) is 2.70. The second-order valence-electron chi connectivity index (χ2n) is 6.85. The van der Waals surface area contributed by atoms with Gasteiger partial charge in [0.1, 0.15) is 18.5 Å². The van der Waals surface area contributed by atoms with Crippen molar-refractivity contribution in [1.82, 2.24) is 10.6 Å². The SMILES string of the molecule is Cc1cccc(C)c1OC[C@H](O)CNC(=O)CCNC(=O)[C@@H]1C[C@H]1C. The van der Waals surface area contributed by atoms with Crippen LogP contribution >= 0.6 is 0 Å². The molecule has 6 nitrogen and oxygen atoms in total. The van der Waals surface area contributed by atoms with Gasteiger partial charge in [-0.1, -0.05) is 25.1 Å². The summed E-state index contributed by atoms with van der Waals surface area (Å²) in [7, 11) is 0. The number of carbonyl (C=O) groups excluding carboxylic acids is 2. The van der Waals surface area contributed by atoms with Gasteiger partial charge in [-0.05, 0) is 37.3 Å². The monoisotopic (exact) mass is 348 g/mol. The molecule has 0 radical (unpaired) electrons. The van der Waals surface area contributed by atoms with Gasteiger partial charge in [0.2, 0.25) is 11.8 Å². The molecule has 0 unspecified atom stereocenters. The molecule has 0 heterocycles. The maximum atomic E-state index is 11.7. The molecule has 25 heavy (non-hydrogen) atoms. The number of nitrogens with one attached hydrogen (secondary N) is 2. The van der Waals surface area contributed by atoms with Crippen LogP contribution in [0, 0.1) is 25.7 Å². The Labute approximate surface area is 149 Å². The number of rotatable bonds is 9. The van der Waals surface area contributed by atoms with Gasteiger partial charge in [-0.3, -0.25) is 9.59 Å². The predicted molar refractivity (Wildman–Crippen MR) is 95.3 cm³/mol. The average molecular weight is 348 g/mol. The van der Waals surface area contributed by atoms with Crippen molar-refractivity contribution >= 4 is 11.8 Å². The number of ether oxygens (including phenoxy) is 1. The van der Waals surface area contributed by atoms with Crippen LogP contribution in [0.1, 0.15) is 30.9 Å². The first-order valence-electron chi connectivity index (χ1n) is 8.80. The third kappa shape index (κ3) is 6.05. The van der Waals surface area contributed by atoms with Crippen molar-refractivity contribution in [2.24, 2.45) is 11.8 Å². The third-order valence-corrected chi connectivity index (χ3v) is 4.46. The molecule has 6 heteroatoms. The topological polar surface area (TPSA) is 87.7 Å². The van der Waals surface area contributed by atoms with E-state index >= 15 is 0 Å². The molecule has 1 aromatic carbocycles. The molecule has 1 aromatic rings. The van der Waals surface area contributed by atoms with Crippen molar-refractivity contribution in [2.75, 3.05) is 19.7 Å². The summed E-state index contributed by atoms with van der Waals surface area (Å²) in [6, 6.07) is 5.86. The Bertz CT molecular complexity index is 597. The van der Waals surface area contributed by atoms with Crippen molar-refractivity contribution < 1.29 is 19.4 Å². The molecular weight excluding hydrogens is 320 g/mol. The molecule has 3 N–H and O–H groups in total. The van der Waals surface area contributed by atoms with Crippen molar-refractivity contribution in [3.8, 4) is 5.75 Å². The maximum absolute atomic E-state index is 11.7. The number of aryl methyl sites for hydroxylation is 2. The lowest BCUT2D eigenvalue weighted by atomic mass is 10.1. The highest BCUT2D eigenvalue weighted by Crippen LogP contribution is 2.37. The van der Waals surface area contributed by atoms with Crippen LogP contribution in [0.5, 0.6) is 5.75 Å². The molecule has 0 bridgehead atoms. The zero-order valence-corrected chi connectivity index (χ0v) is 15.2. The highest BCUT2D eigenvalue weighted by Gasteiger charge is 2.38. The zero-order valence-electron chi connectivity index (χ0n) is 15.2. The second kappa shape index (κ2) is 8.85. The summed E-state index contributed by atoms with van der Waals surface area (Å²) in [5, 5.41) is 15.4. The van der Waals surface area contributed by atoms with E-state index in [1.165, 1.54) is 0 Å². The van der Waals surface area contributed by atoms with E-state index in [-0.39, 0.29) is 37.3 Å². The Morgan fingerprint density at radius 2 is 1.92 bits per heavy atom. The summed E-state index contributed by atoms with van der Waals surface area (Å²) in [6.07, 6.45) is 0.354. The summed E-state index contributed by atoms with van der Waals surface area (Å²) in [4.78, 5) is 23.4. The van der Waals surface area contributed by atoms with Gasteiger partial charge in [-0.2, -0.15) is 0 Å². The summed E-state index contributed by atoms with van der Waals surface area (Å²) in [5.74, 6) is 1.18. The summed E-state index contributed by atoms with van der Waals surface area (Å²) in [6.45, 7) is 6.50. The Kier molecular flexibility index (Phi) is 6.82. The molecule has 0 spiro atoms. The number of hydrogen-bond acceptors (Lipinski definition) is 4. The lowest BCUT2D eigenvalue weighted by Gasteiger charge is -2.16. The minimum atomic E-state index is -0.787. The Morgan fingerprint density at radius 3 is 2.52 bits per heavy atom. The molecule has 1 saturated carbocycles. The molecular formula is C19H28N2O4. The largest absolute Gasteiger partial charge is 0.490 e. The van der Waals surface area contributed by atoms with E-state index in [0.29, 0.717) is 12.5 Å². The van der Waals surface area contributed by atoms with Crippen molar-refractivity contribution in [3.63, 3.8) is 0 Å². The second-order valence-corrected chi connectivity index (χ2v) is 6.85. The standard InChI is InChI=1S/C19H28N2O4/c1-12-5-4-6-13(2)18(12)25-11-15(22)10-21-17(23)7-8-20-19(24)16-9-14(16)3/h4-6,14-16,22H,7-11H2,1-3H3,(H,20,24)(H,21,23)/t14-,15-,16-/m1/s1. The zero-order chi connectivity index (χ0) is 18.4. The van der Waals surface area contributed by atoms with Gasteiger partial charge in [0.05, 0.1) is 0 Å². The van der Waals surface area contributed by atoms with E-state index < -0.39 is 6.10 Å². The highest BCUT2D eigenvalue weighted by atomic mass is 16.5. The number of aliphatic hydroxyl groups is 1. The van der Waals surface area contributed by atoms with E-state index in [2.05, 4.69) is 10.6 Å². The van der Waals surface area contributed by atoms with E-state index in [0.717, 1.165) is 23.3 Å². The van der Waals surface area contributed by atoms with Crippen LogP contribution in [0.3, 0.4) is 0 Å². The Balaban J connectivity index is 1.60. The summed E-state index contributed by atoms with van der Waals surface area (Å²) < 4.78 is 5.66. The van der Waals surface area contributed by atoms with Gasteiger partial charge < -0.3 is 20.5 Å². The van der Waals surface area contributed by atoms with Crippen LogP contribution in [-0.4, -0.2) is 42.7 Å². The smallest absolute Gasteiger partial charge is 0.223 e. The Hall–Kier alpha value is -2.08. The fraction of sp³-hybridized carbons (Fsp3) is 0.579. The van der Waals surface area contributed by atoms with E-state index in [9.17, 15) is 14.7 Å². The minimum absolute atomic E-state index is 0.0299. The third-order valence-electron chi connectivity index (χ3n) is 4.46. The molecule has 2 rings (SSSR count). The van der Waals surface area contributed by atoms with Crippen LogP contribution in [0.4, 0.5) is 0 Å². The van der Waals surface area contributed by atoms with Crippen LogP contribution in [-0.2, 0) is 9.59 Å². The molecule has 2 amide bonds. The molecule has 1 fully saturated rings. The fourth-order valence-electron chi connectivity index (χ4n) is 2.70. The minimum Gasteiger partial charge on any atom is -0.490 e.